The SMILES string of the molecule is CC(C)c1cccc(C(C)C)c1N1C(=O)c2cc(Cl)c3c4c(Oc5ccccc5)cc5c6c(cc(Cl)c(c7c(Oc8ccccc8)cc(c2c37)C1=O)c64)C(=O)N(c1c(C(C)C)cccc1C(C)C)C5=O. The third kappa shape index (κ3) is 6.64. The van der Waals surface area contributed by atoms with Gasteiger partial charge in [0.2, 0.25) is 0 Å². The molecule has 0 spiro atoms. The first kappa shape index (κ1) is 45.2. The third-order valence-corrected chi connectivity index (χ3v) is 14.5. The van der Waals surface area contributed by atoms with Gasteiger partial charge in [-0.1, -0.05) is 151 Å². The van der Waals surface area contributed by atoms with Crippen molar-refractivity contribution in [3.63, 3.8) is 0 Å². The lowest BCUT2D eigenvalue weighted by molar-refractivity contribution is 0.0877. The van der Waals surface area contributed by atoms with Crippen LogP contribution < -0.4 is 19.3 Å². The summed E-state index contributed by atoms with van der Waals surface area (Å²) >= 11 is 15.3. The summed E-state index contributed by atoms with van der Waals surface area (Å²) in [4.78, 5) is 64.5. The van der Waals surface area contributed by atoms with Crippen LogP contribution in [0.2, 0.25) is 10.0 Å². The summed E-state index contributed by atoms with van der Waals surface area (Å²) in [5.74, 6) is -0.725. The third-order valence-electron chi connectivity index (χ3n) is 13.9. The number of fused-ring (bicyclic) bond motifs is 2. The van der Waals surface area contributed by atoms with Crippen LogP contribution in [0, 0.1) is 0 Å². The highest BCUT2D eigenvalue weighted by Crippen LogP contribution is 2.57. The average Bonchev–Trinajstić information content (AvgIpc) is 3.33. The number of hydrogen-bond acceptors (Lipinski definition) is 6. The van der Waals surface area contributed by atoms with Crippen molar-refractivity contribution in [3.05, 3.63) is 176 Å². The number of nitrogens with zero attached hydrogens (tertiary/aromatic N) is 2. The van der Waals surface area contributed by atoms with E-state index in [9.17, 15) is 0 Å². The molecule has 0 aromatic heterocycles. The van der Waals surface area contributed by atoms with E-state index in [1.165, 1.54) is 9.80 Å². The van der Waals surface area contributed by atoms with Crippen molar-refractivity contribution in [1.82, 2.24) is 0 Å². The molecule has 0 unspecified atom stereocenters. The fourth-order valence-corrected chi connectivity index (χ4v) is 11.4. The van der Waals surface area contributed by atoms with Crippen LogP contribution in [-0.4, -0.2) is 23.6 Å². The van der Waals surface area contributed by atoms with Gasteiger partial charge in [0.25, 0.3) is 23.6 Å². The zero-order valence-electron chi connectivity index (χ0n) is 40.0. The summed E-state index contributed by atoms with van der Waals surface area (Å²) in [6, 6.07) is 36.8. The van der Waals surface area contributed by atoms with Crippen LogP contribution in [0.4, 0.5) is 11.4 Å². The monoisotopic (exact) mass is 962 g/mol. The number of amides is 4. The van der Waals surface area contributed by atoms with E-state index in [1.807, 2.05) is 152 Å². The second-order valence-electron chi connectivity index (χ2n) is 19.6. The van der Waals surface area contributed by atoms with Gasteiger partial charge in [-0.25, -0.2) is 9.80 Å². The lowest BCUT2D eigenvalue weighted by atomic mass is 9.80. The number of halogens is 2. The van der Waals surface area contributed by atoms with Gasteiger partial charge in [0.05, 0.1) is 43.7 Å². The molecule has 0 radical (unpaired) electrons. The molecule has 0 saturated carbocycles. The Morgan fingerprint density at radius 3 is 0.957 bits per heavy atom. The largest absolute Gasteiger partial charge is 0.457 e. The van der Waals surface area contributed by atoms with Crippen molar-refractivity contribution in [3.8, 4) is 23.0 Å². The molecular weight excluding hydrogens is 916 g/mol. The first-order valence-corrected chi connectivity index (χ1v) is 24.5. The molecule has 0 fully saturated rings. The van der Waals surface area contributed by atoms with Crippen molar-refractivity contribution in [2.24, 2.45) is 0 Å². The lowest BCUT2D eigenvalue weighted by Gasteiger charge is -2.34. The summed E-state index contributed by atoms with van der Waals surface area (Å²) in [7, 11) is 0. The molecule has 0 N–H and O–H groups in total. The summed E-state index contributed by atoms with van der Waals surface area (Å²) in [6.45, 7) is 16.4. The van der Waals surface area contributed by atoms with Crippen LogP contribution in [0.3, 0.4) is 0 Å². The molecule has 2 aliphatic heterocycles. The predicted octanol–water partition coefficient (Wildman–Crippen LogP) is 16.7. The maximum Gasteiger partial charge on any atom is 0.266 e. The highest BCUT2D eigenvalue weighted by Gasteiger charge is 2.43. The Hall–Kier alpha value is -7.26. The first-order chi connectivity index (χ1) is 33.6. The van der Waals surface area contributed by atoms with Gasteiger partial charge in [-0.2, -0.15) is 0 Å². The van der Waals surface area contributed by atoms with Crippen LogP contribution >= 0.6 is 23.2 Å². The number of hydrogen-bond donors (Lipinski definition) is 0. The van der Waals surface area contributed by atoms with E-state index < -0.39 is 23.6 Å². The normalized spacial score (nSPS) is 13.9. The minimum Gasteiger partial charge on any atom is -0.457 e. The van der Waals surface area contributed by atoms with E-state index in [0.29, 0.717) is 66.0 Å². The Bertz CT molecular complexity index is 3430. The van der Waals surface area contributed by atoms with E-state index in [1.54, 1.807) is 24.3 Å². The van der Waals surface area contributed by atoms with Crippen molar-refractivity contribution >= 4 is 101 Å². The molecule has 0 bridgehead atoms. The van der Waals surface area contributed by atoms with Crippen molar-refractivity contribution in [2.45, 2.75) is 79.1 Å². The van der Waals surface area contributed by atoms with E-state index in [4.69, 9.17) is 32.7 Å². The number of carbonyl (C=O) groups is 4. The molecule has 2 heterocycles. The van der Waals surface area contributed by atoms with Gasteiger partial charge in [0.15, 0.2) is 0 Å². The summed E-state index contributed by atoms with van der Waals surface area (Å²) in [6.07, 6.45) is 0. The van der Waals surface area contributed by atoms with Gasteiger partial charge in [0, 0.05) is 43.1 Å². The number of benzene rings is 9. The first-order valence-electron chi connectivity index (χ1n) is 23.7. The molecule has 2 aliphatic rings. The lowest BCUT2D eigenvalue weighted by Crippen LogP contribution is -2.42. The summed E-state index contributed by atoms with van der Waals surface area (Å²) < 4.78 is 13.7. The van der Waals surface area contributed by atoms with E-state index in [2.05, 4.69) is 0 Å². The molecule has 11 rings (SSSR count). The van der Waals surface area contributed by atoms with Gasteiger partial charge in [0.1, 0.15) is 23.0 Å². The minimum atomic E-state index is -0.523. The van der Waals surface area contributed by atoms with Gasteiger partial charge < -0.3 is 9.47 Å². The maximum atomic E-state index is 15.6. The van der Waals surface area contributed by atoms with Crippen molar-refractivity contribution < 1.29 is 28.7 Å². The maximum absolute atomic E-state index is 15.6. The molecule has 0 atom stereocenters. The zero-order chi connectivity index (χ0) is 49.2. The number of ether oxygens (including phenoxy) is 2. The van der Waals surface area contributed by atoms with Gasteiger partial charge >= 0.3 is 0 Å². The summed E-state index contributed by atoms with van der Waals surface area (Å²) in [5.41, 5.74) is 5.42. The molecule has 4 amide bonds. The van der Waals surface area contributed by atoms with Crippen LogP contribution in [0.1, 0.15) is 143 Å². The van der Waals surface area contributed by atoms with Gasteiger partial charge in [-0.3, -0.25) is 19.2 Å². The Morgan fingerprint density at radius 1 is 0.357 bits per heavy atom. The Labute approximate surface area is 415 Å². The smallest absolute Gasteiger partial charge is 0.266 e. The quantitative estimate of drug-likeness (QED) is 0.0770. The van der Waals surface area contributed by atoms with Crippen molar-refractivity contribution in [1.29, 1.82) is 0 Å². The van der Waals surface area contributed by atoms with Crippen molar-refractivity contribution in [2.75, 3.05) is 9.80 Å². The second kappa shape index (κ2) is 16.7. The molecule has 0 aliphatic carbocycles. The number of anilines is 2. The molecular formula is C60H48Cl2N2O6. The molecule has 9 aromatic rings. The highest BCUT2D eigenvalue weighted by molar-refractivity contribution is 6.53. The molecule has 9 aromatic carbocycles. The predicted molar refractivity (Wildman–Crippen MR) is 282 cm³/mol. The topological polar surface area (TPSA) is 93.2 Å². The van der Waals surface area contributed by atoms with Crippen LogP contribution in [0.25, 0.3) is 43.1 Å². The number of carbonyl (C=O) groups excluding carboxylic acids is 4. The Balaban J connectivity index is 1.30. The number of rotatable bonds is 10. The standard InChI is InChI=1S/C60H48Cl2N2O6/c1-29(2)35-21-15-22-36(30(3)4)55(35)63-57(65)39-25-43(61)49-52-46(70-34-19-13-10-14-20-34)28-42-48-40(58(66)64(60(42)68)56-37(31(5)6)23-16-24-38(56)32(7)8)26-44(62)50(54(48)52)51-45(69-33-17-11-9-12-18-33)27-41(59(63)67)47(39)53(49)51/h9-32H,1-8H3. The Kier molecular flexibility index (Phi) is 10.8. The minimum absolute atomic E-state index is 0.0246. The number of imide groups is 2. The second-order valence-corrected chi connectivity index (χ2v) is 20.4. The fraction of sp³-hybridized carbons (Fsp3) is 0.200. The average molecular weight is 964 g/mol. The number of para-hydroxylation sites is 4. The van der Waals surface area contributed by atoms with E-state index in [0.717, 1.165) is 22.3 Å². The molecule has 0 saturated heterocycles. The summed E-state index contributed by atoms with van der Waals surface area (Å²) in [5, 5.41) is 3.77. The van der Waals surface area contributed by atoms with Crippen LogP contribution in [-0.2, 0) is 0 Å². The van der Waals surface area contributed by atoms with Crippen LogP contribution in [0.15, 0.2) is 121 Å². The molecule has 10 heteroatoms. The van der Waals surface area contributed by atoms with E-state index >= 15 is 19.2 Å². The molecule has 8 nitrogen and oxygen atoms in total. The molecule has 348 valence electrons. The van der Waals surface area contributed by atoms with Crippen LogP contribution in [0.5, 0.6) is 23.0 Å². The van der Waals surface area contributed by atoms with E-state index in [-0.39, 0.29) is 67.5 Å². The Morgan fingerprint density at radius 2 is 0.657 bits per heavy atom. The van der Waals surface area contributed by atoms with Gasteiger partial charge in [-0.05, 0) is 94.5 Å². The van der Waals surface area contributed by atoms with Gasteiger partial charge in [-0.15, -0.1) is 0 Å². The zero-order valence-corrected chi connectivity index (χ0v) is 41.5. The molecule has 70 heavy (non-hydrogen) atoms. The highest BCUT2D eigenvalue weighted by atomic mass is 35.5. The fourth-order valence-electron chi connectivity index (χ4n) is 10.8.